The van der Waals surface area contributed by atoms with Gasteiger partial charge in [0.1, 0.15) is 0 Å². The van der Waals surface area contributed by atoms with Crippen LogP contribution in [0.4, 0.5) is 13.2 Å². The summed E-state index contributed by atoms with van der Waals surface area (Å²) in [7, 11) is 0. The van der Waals surface area contributed by atoms with Crippen molar-refractivity contribution in [1.29, 1.82) is 0 Å². The normalized spacial score (nSPS) is 20.3. The molecule has 1 aromatic rings. The highest BCUT2D eigenvalue weighted by Gasteiger charge is 2.22. The van der Waals surface area contributed by atoms with Gasteiger partial charge in [-0.2, -0.15) is 4.39 Å². The third kappa shape index (κ3) is 2.00. The van der Waals surface area contributed by atoms with Crippen molar-refractivity contribution in [2.45, 2.75) is 12.8 Å². The molecule has 2 nitrogen and oxygen atoms in total. The van der Waals surface area contributed by atoms with E-state index < -0.39 is 23.2 Å². The lowest BCUT2D eigenvalue weighted by atomic mass is 9.97. The van der Waals surface area contributed by atoms with Crippen LogP contribution in [-0.2, 0) is 6.42 Å². The van der Waals surface area contributed by atoms with Crippen molar-refractivity contribution >= 4 is 0 Å². The highest BCUT2D eigenvalue weighted by Crippen LogP contribution is 2.29. The molecule has 0 aromatic heterocycles. The van der Waals surface area contributed by atoms with Crippen LogP contribution in [0, 0.1) is 23.4 Å². The van der Waals surface area contributed by atoms with Gasteiger partial charge < -0.3 is 10.4 Å². The van der Waals surface area contributed by atoms with Gasteiger partial charge in [-0.05, 0) is 37.9 Å². The number of phenols is 1. The van der Waals surface area contributed by atoms with Crippen LogP contribution in [0.5, 0.6) is 5.75 Å². The van der Waals surface area contributed by atoms with Crippen LogP contribution in [0.15, 0.2) is 6.07 Å². The average molecular weight is 231 g/mol. The number of rotatable bonds is 2. The summed E-state index contributed by atoms with van der Waals surface area (Å²) in [5, 5.41) is 12.5. The quantitative estimate of drug-likeness (QED) is 0.762. The minimum Gasteiger partial charge on any atom is -0.505 e. The fourth-order valence-corrected chi connectivity index (χ4v) is 1.99. The SMILES string of the molecule is Oc1c(CC2CCNC2)cc(F)c(F)c1F. The first-order valence-electron chi connectivity index (χ1n) is 5.15. The Bertz CT molecular complexity index is 403. The van der Waals surface area contributed by atoms with E-state index in [1.807, 2.05) is 0 Å². The van der Waals surface area contributed by atoms with Crippen LogP contribution < -0.4 is 5.32 Å². The van der Waals surface area contributed by atoms with Crippen molar-refractivity contribution < 1.29 is 18.3 Å². The minimum absolute atomic E-state index is 0.130. The molecule has 0 bridgehead atoms. The topological polar surface area (TPSA) is 32.3 Å². The molecule has 1 saturated heterocycles. The molecule has 0 aliphatic carbocycles. The Morgan fingerprint density at radius 2 is 2.06 bits per heavy atom. The van der Waals surface area contributed by atoms with Crippen molar-refractivity contribution in [1.82, 2.24) is 5.32 Å². The zero-order chi connectivity index (χ0) is 11.7. The molecule has 88 valence electrons. The number of nitrogens with one attached hydrogen (secondary N) is 1. The molecule has 0 spiro atoms. The predicted octanol–water partition coefficient (Wildman–Crippen LogP) is 1.96. The standard InChI is InChI=1S/C11H12F3NO/c12-8-4-7(3-6-1-2-15-5-6)11(16)10(14)9(8)13/h4,6,15-16H,1-3,5H2. The number of hydrogen-bond donors (Lipinski definition) is 2. The van der Waals surface area contributed by atoms with E-state index in [1.165, 1.54) is 0 Å². The van der Waals surface area contributed by atoms with Gasteiger partial charge in [0.25, 0.3) is 0 Å². The molecule has 1 atom stereocenters. The maximum Gasteiger partial charge on any atom is 0.203 e. The number of halogens is 3. The van der Waals surface area contributed by atoms with E-state index in [9.17, 15) is 18.3 Å². The van der Waals surface area contributed by atoms with Crippen LogP contribution >= 0.6 is 0 Å². The third-order valence-corrected chi connectivity index (χ3v) is 2.89. The second kappa shape index (κ2) is 4.33. The highest BCUT2D eigenvalue weighted by molar-refractivity contribution is 5.35. The Morgan fingerprint density at radius 1 is 1.31 bits per heavy atom. The van der Waals surface area contributed by atoms with Crippen LogP contribution in [0.3, 0.4) is 0 Å². The minimum atomic E-state index is -1.62. The third-order valence-electron chi connectivity index (χ3n) is 2.89. The van der Waals surface area contributed by atoms with Gasteiger partial charge in [0.2, 0.25) is 5.82 Å². The number of aromatic hydroxyl groups is 1. The first-order valence-corrected chi connectivity index (χ1v) is 5.15. The average Bonchev–Trinajstić information content (AvgIpc) is 2.76. The molecular weight excluding hydrogens is 219 g/mol. The van der Waals surface area contributed by atoms with E-state index in [0.717, 1.165) is 25.6 Å². The smallest absolute Gasteiger partial charge is 0.203 e. The largest absolute Gasteiger partial charge is 0.505 e. The number of benzene rings is 1. The number of phenolic OH excluding ortho intramolecular Hbond substituents is 1. The maximum atomic E-state index is 13.0. The molecule has 2 rings (SSSR count). The van der Waals surface area contributed by atoms with Crippen LogP contribution in [0.25, 0.3) is 0 Å². The van der Waals surface area contributed by atoms with Gasteiger partial charge in [0, 0.05) is 5.56 Å². The molecule has 1 fully saturated rings. The predicted molar refractivity (Wildman–Crippen MR) is 52.7 cm³/mol. The summed E-state index contributed by atoms with van der Waals surface area (Å²) in [6.45, 7) is 1.61. The molecule has 0 saturated carbocycles. The molecule has 1 aliphatic rings. The van der Waals surface area contributed by atoms with Crippen molar-refractivity contribution in [2.75, 3.05) is 13.1 Å². The summed E-state index contributed by atoms with van der Waals surface area (Å²) < 4.78 is 38.8. The highest BCUT2D eigenvalue weighted by atomic mass is 19.2. The summed E-state index contributed by atoms with van der Waals surface area (Å²) in [5.41, 5.74) is 0.130. The molecule has 0 amide bonds. The Kier molecular flexibility index (Phi) is 3.05. The Hall–Kier alpha value is -1.23. The van der Waals surface area contributed by atoms with Crippen molar-refractivity contribution in [3.8, 4) is 5.75 Å². The summed E-state index contributed by atoms with van der Waals surface area (Å²) in [6.07, 6.45) is 1.24. The van der Waals surface area contributed by atoms with E-state index >= 15 is 0 Å². The van der Waals surface area contributed by atoms with Crippen LogP contribution in [-0.4, -0.2) is 18.2 Å². The lowest BCUT2D eigenvalue weighted by Crippen LogP contribution is -2.11. The van der Waals surface area contributed by atoms with Gasteiger partial charge in [0.15, 0.2) is 17.4 Å². The van der Waals surface area contributed by atoms with Gasteiger partial charge in [-0.25, -0.2) is 8.78 Å². The van der Waals surface area contributed by atoms with Crippen molar-refractivity contribution in [3.63, 3.8) is 0 Å². The second-order valence-corrected chi connectivity index (χ2v) is 4.06. The van der Waals surface area contributed by atoms with Crippen molar-refractivity contribution in [2.24, 2.45) is 5.92 Å². The van der Waals surface area contributed by atoms with E-state index in [-0.39, 0.29) is 11.5 Å². The van der Waals surface area contributed by atoms with E-state index in [1.54, 1.807) is 0 Å². The van der Waals surface area contributed by atoms with E-state index in [4.69, 9.17) is 0 Å². The lowest BCUT2D eigenvalue weighted by Gasteiger charge is -2.11. The fraction of sp³-hybridized carbons (Fsp3) is 0.455. The monoisotopic (exact) mass is 231 g/mol. The van der Waals surface area contributed by atoms with Gasteiger partial charge >= 0.3 is 0 Å². The summed E-state index contributed by atoms with van der Waals surface area (Å²) >= 11 is 0. The van der Waals surface area contributed by atoms with Crippen LogP contribution in [0.1, 0.15) is 12.0 Å². The van der Waals surface area contributed by atoms with Crippen LogP contribution in [0.2, 0.25) is 0 Å². The molecule has 5 heteroatoms. The first kappa shape index (κ1) is 11.3. The Morgan fingerprint density at radius 3 is 2.69 bits per heavy atom. The molecule has 1 unspecified atom stereocenters. The first-order chi connectivity index (χ1) is 7.59. The zero-order valence-corrected chi connectivity index (χ0v) is 8.56. The zero-order valence-electron chi connectivity index (χ0n) is 8.56. The lowest BCUT2D eigenvalue weighted by molar-refractivity contribution is 0.377. The van der Waals surface area contributed by atoms with E-state index in [0.29, 0.717) is 6.42 Å². The molecule has 2 N–H and O–H groups in total. The van der Waals surface area contributed by atoms with E-state index in [2.05, 4.69) is 5.32 Å². The van der Waals surface area contributed by atoms with Gasteiger partial charge in [-0.3, -0.25) is 0 Å². The Labute approximate surface area is 91.1 Å². The molecule has 1 heterocycles. The Balaban J connectivity index is 2.26. The molecule has 16 heavy (non-hydrogen) atoms. The van der Waals surface area contributed by atoms with Gasteiger partial charge in [0.05, 0.1) is 0 Å². The molecular formula is C11H12F3NO. The molecule has 0 radical (unpaired) electrons. The molecule has 1 aliphatic heterocycles. The van der Waals surface area contributed by atoms with Crippen molar-refractivity contribution in [3.05, 3.63) is 29.1 Å². The maximum absolute atomic E-state index is 13.0. The summed E-state index contributed by atoms with van der Waals surface area (Å²) in [4.78, 5) is 0. The number of hydrogen-bond acceptors (Lipinski definition) is 2. The van der Waals surface area contributed by atoms with Gasteiger partial charge in [-0.1, -0.05) is 0 Å². The molecule has 1 aromatic carbocycles. The second-order valence-electron chi connectivity index (χ2n) is 4.06. The summed E-state index contributed by atoms with van der Waals surface area (Å²) in [5.74, 6) is -4.91. The summed E-state index contributed by atoms with van der Waals surface area (Å²) in [6, 6.07) is 0.867. The van der Waals surface area contributed by atoms with Gasteiger partial charge in [-0.15, -0.1) is 0 Å². The fourth-order valence-electron chi connectivity index (χ4n) is 1.99.